The minimum absolute atomic E-state index is 0.506. The molecule has 4 heteroatoms. The molecule has 4 nitrogen and oxygen atoms in total. The van der Waals surface area contributed by atoms with Crippen LogP contribution in [-0.2, 0) is 17.8 Å². The summed E-state index contributed by atoms with van der Waals surface area (Å²) in [6.45, 7) is 6.09. The first-order chi connectivity index (χ1) is 8.88. The van der Waals surface area contributed by atoms with Crippen molar-refractivity contribution in [1.29, 1.82) is 0 Å². The predicted octanol–water partition coefficient (Wildman–Crippen LogP) is 2.34. The number of rotatable bonds is 8. The number of aromatic nitrogens is 2. The van der Waals surface area contributed by atoms with Crippen molar-refractivity contribution in [2.24, 2.45) is 0 Å². The van der Waals surface area contributed by atoms with Crippen molar-refractivity contribution in [2.75, 3.05) is 13.2 Å². The van der Waals surface area contributed by atoms with Crippen molar-refractivity contribution in [3.63, 3.8) is 0 Å². The quantitative estimate of drug-likeness (QED) is 0.721. The van der Waals surface area contributed by atoms with Gasteiger partial charge in [-0.25, -0.2) is 0 Å². The van der Waals surface area contributed by atoms with E-state index < -0.39 is 0 Å². The first kappa shape index (κ1) is 13.6. The molecule has 1 fully saturated rings. The van der Waals surface area contributed by atoms with Crippen LogP contribution >= 0.6 is 0 Å². The van der Waals surface area contributed by atoms with Gasteiger partial charge in [0.25, 0.3) is 0 Å². The van der Waals surface area contributed by atoms with Gasteiger partial charge in [0.05, 0.1) is 11.8 Å². The summed E-state index contributed by atoms with van der Waals surface area (Å²) >= 11 is 0. The normalized spacial score (nSPS) is 19.5. The molecule has 0 saturated carbocycles. The molecule has 1 unspecified atom stereocenters. The Morgan fingerprint density at radius 3 is 3.28 bits per heavy atom. The van der Waals surface area contributed by atoms with E-state index in [-0.39, 0.29) is 0 Å². The van der Waals surface area contributed by atoms with Crippen LogP contribution in [0.25, 0.3) is 0 Å². The Bertz CT molecular complexity index is 332. The van der Waals surface area contributed by atoms with Crippen LogP contribution in [0.3, 0.4) is 0 Å². The largest absolute Gasteiger partial charge is 0.378 e. The minimum Gasteiger partial charge on any atom is -0.378 e. The second kappa shape index (κ2) is 7.54. The zero-order chi connectivity index (χ0) is 12.6. The molecule has 18 heavy (non-hydrogen) atoms. The van der Waals surface area contributed by atoms with Crippen molar-refractivity contribution < 1.29 is 4.74 Å². The van der Waals surface area contributed by atoms with Gasteiger partial charge in [-0.3, -0.25) is 4.68 Å². The molecule has 1 N–H and O–H groups in total. The van der Waals surface area contributed by atoms with Crippen LogP contribution in [0.2, 0.25) is 0 Å². The monoisotopic (exact) mass is 251 g/mol. The van der Waals surface area contributed by atoms with Gasteiger partial charge in [0.1, 0.15) is 0 Å². The summed E-state index contributed by atoms with van der Waals surface area (Å²) in [5.74, 6) is 0. The van der Waals surface area contributed by atoms with E-state index >= 15 is 0 Å². The molecule has 0 aromatic carbocycles. The predicted molar refractivity (Wildman–Crippen MR) is 72.4 cm³/mol. The van der Waals surface area contributed by atoms with Crippen LogP contribution in [0.1, 0.15) is 44.7 Å². The highest BCUT2D eigenvalue weighted by atomic mass is 16.5. The van der Waals surface area contributed by atoms with E-state index in [2.05, 4.69) is 34.3 Å². The molecule has 0 aliphatic carbocycles. The molecule has 1 saturated heterocycles. The Kier molecular flexibility index (Phi) is 5.68. The second-order valence-electron chi connectivity index (χ2n) is 5.02. The summed E-state index contributed by atoms with van der Waals surface area (Å²) in [6, 6.07) is 2.11. The average molecular weight is 251 g/mol. The van der Waals surface area contributed by atoms with Gasteiger partial charge in [-0.1, -0.05) is 6.92 Å². The second-order valence-corrected chi connectivity index (χ2v) is 5.02. The van der Waals surface area contributed by atoms with Gasteiger partial charge < -0.3 is 10.1 Å². The Hall–Kier alpha value is -0.870. The highest BCUT2D eigenvalue weighted by molar-refractivity contribution is 4.98. The van der Waals surface area contributed by atoms with Gasteiger partial charge in [0.15, 0.2) is 0 Å². The molecule has 1 atom stereocenters. The SMILES string of the molecule is CCCNCc1ccn(CCCC2CCCO2)n1. The number of nitrogens with one attached hydrogen (secondary N) is 1. The topological polar surface area (TPSA) is 39.1 Å². The fourth-order valence-corrected chi connectivity index (χ4v) is 2.37. The fourth-order valence-electron chi connectivity index (χ4n) is 2.37. The van der Waals surface area contributed by atoms with E-state index in [4.69, 9.17) is 4.74 Å². The molecule has 1 aliphatic rings. The molecular formula is C14H25N3O. The molecule has 1 aromatic rings. The maximum Gasteiger partial charge on any atom is 0.0762 e. The number of hydrogen-bond acceptors (Lipinski definition) is 3. The molecule has 0 amide bonds. The van der Waals surface area contributed by atoms with Crippen LogP contribution < -0.4 is 5.32 Å². The Morgan fingerprint density at radius 2 is 2.50 bits per heavy atom. The summed E-state index contributed by atoms with van der Waals surface area (Å²) in [5.41, 5.74) is 1.14. The lowest BCUT2D eigenvalue weighted by atomic mass is 10.1. The standard InChI is InChI=1S/C14H25N3O/c1-2-8-15-12-13-7-10-17(16-13)9-3-5-14-6-4-11-18-14/h7,10,14-15H,2-6,8-9,11-12H2,1H3. The van der Waals surface area contributed by atoms with Gasteiger partial charge in [-0.05, 0) is 44.7 Å². The van der Waals surface area contributed by atoms with Crippen LogP contribution in [-0.4, -0.2) is 29.0 Å². The lowest BCUT2D eigenvalue weighted by molar-refractivity contribution is 0.101. The highest BCUT2D eigenvalue weighted by Crippen LogP contribution is 2.17. The van der Waals surface area contributed by atoms with Gasteiger partial charge in [0, 0.05) is 25.9 Å². The Morgan fingerprint density at radius 1 is 1.56 bits per heavy atom. The molecule has 2 heterocycles. The van der Waals surface area contributed by atoms with Gasteiger partial charge in [0.2, 0.25) is 0 Å². The molecule has 1 aliphatic heterocycles. The third-order valence-corrected chi connectivity index (χ3v) is 3.37. The van der Waals surface area contributed by atoms with E-state index in [1.165, 1.54) is 25.7 Å². The molecule has 0 radical (unpaired) electrons. The molecule has 0 spiro atoms. The number of aryl methyl sites for hydroxylation is 1. The average Bonchev–Trinajstić information content (AvgIpc) is 3.01. The molecule has 1 aromatic heterocycles. The summed E-state index contributed by atoms with van der Waals surface area (Å²) in [7, 11) is 0. The molecular weight excluding hydrogens is 226 g/mol. The zero-order valence-electron chi connectivity index (χ0n) is 11.4. The molecule has 102 valence electrons. The van der Waals surface area contributed by atoms with Crippen molar-refractivity contribution in [2.45, 2.75) is 58.2 Å². The summed E-state index contributed by atoms with van der Waals surface area (Å²) < 4.78 is 7.68. The maximum atomic E-state index is 5.62. The van der Waals surface area contributed by atoms with Crippen molar-refractivity contribution in [3.8, 4) is 0 Å². The van der Waals surface area contributed by atoms with E-state index in [1.807, 2.05) is 0 Å². The van der Waals surface area contributed by atoms with Crippen LogP contribution in [0.15, 0.2) is 12.3 Å². The maximum absolute atomic E-state index is 5.62. The van der Waals surface area contributed by atoms with E-state index in [9.17, 15) is 0 Å². The van der Waals surface area contributed by atoms with Crippen molar-refractivity contribution >= 4 is 0 Å². The lowest BCUT2D eigenvalue weighted by Gasteiger charge is -2.08. The van der Waals surface area contributed by atoms with E-state index in [1.54, 1.807) is 0 Å². The van der Waals surface area contributed by atoms with Crippen LogP contribution in [0.4, 0.5) is 0 Å². The third-order valence-electron chi connectivity index (χ3n) is 3.37. The summed E-state index contributed by atoms with van der Waals surface area (Å²) in [5, 5.41) is 7.93. The number of nitrogens with zero attached hydrogens (tertiary/aromatic N) is 2. The first-order valence-corrected chi connectivity index (χ1v) is 7.23. The molecule has 0 bridgehead atoms. The van der Waals surface area contributed by atoms with Crippen LogP contribution in [0, 0.1) is 0 Å². The number of hydrogen-bond donors (Lipinski definition) is 1. The Balaban J connectivity index is 1.63. The van der Waals surface area contributed by atoms with E-state index in [0.717, 1.165) is 38.4 Å². The van der Waals surface area contributed by atoms with Crippen LogP contribution in [0.5, 0.6) is 0 Å². The first-order valence-electron chi connectivity index (χ1n) is 7.23. The smallest absolute Gasteiger partial charge is 0.0762 e. The molecule has 2 rings (SSSR count). The minimum atomic E-state index is 0.506. The van der Waals surface area contributed by atoms with Gasteiger partial charge in [-0.2, -0.15) is 5.10 Å². The number of ether oxygens (including phenoxy) is 1. The van der Waals surface area contributed by atoms with Crippen molar-refractivity contribution in [1.82, 2.24) is 15.1 Å². The third kappa shape index (κ3) is 4.42. The van der Waals surface area contributed by atoms with E-state index in [0.29, 0.717) is 6.10 Å². The van der Waals surface area contributed by atoms with Crippen molar-refractivity contribution in [3.05, 3.63) is 18.0 Å². The highest BCUT2D eigenvalue weighted by Gasteiger charge is 2.14. The Labute approximate surface area is 110 Å². The fraction of sp³-hybridized carbons (Fsp3) is 0.786. The summed E-state index contributed by atoms with van der Waals surface area (Å²) in [4.78, 5) is 0. The lowest BCUT2D eigenvalue weighted by Crippen LogP contribution is -2.14. The van der Waals surface area contributed by atoms with Gasteiger partial charge >= 0.3 is 0 Å². The van der Waals surface area contributed by atoms with Gasteiger partial charge in [-0.15, -0.1) is 0 Å². The zero-order valence-corrected chi connectivity index (χ0v) is 11.4. The summed E-state index contributed by atoms with van der Waals surface area (Å²) in [6.07, 6.45) is 8.56.